The van der Waals surface area contributed by atoms with E-state index in [4.69, 9.17) is 10.8 Å². The molecule has 1 fully saturated rings. The molecule has 1 aromatic carbocycles. The number of phenolic OH excluding ortho intramolecular Hbond substituents is 1. The van der Waals surface area contributed by atoms with Gasteiger partial charge in [-0.1, -0.05) is 12.8 Å². The molecule has 0 aromatic heterocycles. The number of rotatable bonds is 5. The van der Waals surface area contributed by atoms with Gasteiger partial charge in [0.1, 0.15) is 0 Å². The Balaban J connectivity index is 2.16. The van der Waals surface area contributed by atoms with Gasteiger partial charge >= 0.3 is 0 Å². The molecule has 0 radical (unpaired) electrons. The van der Waals surface area contributed by atoms with Crippen molar-refractivity contribution in [2.75, 3.05) is 6.54 Å². The fraction of sp³-hybridized carbons (Fsp3) is 0.500. The first-order valence-electron chi connectivity index (χ1n) is 6.66. The first-order chi connectivity index (χ1) is 9.47. The van der Waals surface area contributed by atoms with Crippen LogP contribution in [0.25, 0.3) is 0 Å². The van der Waals surface area contributed by atoms with Crippen LogP contribution in [0, 0.1) is 11.6 Å². The molecule has 1 aliphatic carbocycles. The normalized spacial score (nSPS) is 15.9. The maximum absolute atomic E-state index is 13.3. The summed E-state index contributed by atoms with van der Waals surface area (Å²) >= 11 is 0. The molecule has 2 rings (SSSR count). The smallest absolute Gasteiger partial charge is 0.231 e. The summed E-state index contributed by atoms with van der Waals surface area (Å²) in [5.74, 6) is -3.43. The van der Waals surface area contributed by atoms with Crippen LogP contribution in [-0.4, -0.2) is 28.5 Å². The van der Waals surface area contributed by atoms with Gasteiger partial charge in [-0.3, -0.25) is 9.69 Å². The van der Waals surface area contributed by atoms with Crippen molar-refractivity contribution in [3.8, 4) is 5.75 Å². The largest absolute Gasteiger partial charge is 0.503 e. The quantitative estimate of drug-likeness (QED) is 0.868. The van der Waals surface area contributed by atoms with Gasteiger partial charge in [-0.25, -0.2) is 8.78 Å². The van der Waals surface area contributed by atoms with Gasteiger partial charge in [0.2, 0.25) is 5.91 Å². The number of hydrogen-bond donors (Lipinski definition) is 2. The van der Waals surface area contributed by atoms with E-state index in [1.807, 2.05) is 4.90 Å². The van der Waals surface area contributed by atoms with E-state index in [0.29, 0.717) is 5.56 Å². The van der Waals surface area contributed by atoms with E-state index >= 15 is 0 Å². The van der Waals surface area contributed by atoms with Gasteiger partial charge in [-0.2, -0.15) is 0 Å². The lowest BCUT2D eigenvalue weighted by Crippen LogP contribution is -2.39. The molecule has 1 aromatic rings. The van der Waals surface area contributed by atoms with Crippen LogP contribution < -0.4 is 5.73 Å². The lowest BCUT2D eigenvalue weighted by molar-refractivity contribution is -0.119. The van der Waals surface area contributed by atoms with E-state index in [0.717, 1.165) is 37.8 Å². The zero-order valence-corrected chi connectivity index (χ0v) is 11.1. The Morgan fingerprint density at radius 1 is 1.30 bits per heavy atom. The Bertz CT molecular complexity index is 479. The minimum absolute atomic E-state index is 0.0643. The predicted octanol–water partition coefficient (Wildman–Crippen LogP) is 1.90. The highest BCUT2D eigenvalue weighted by atomic mass is 19.1. The van der Waals surface area contributed by atoms with Crippen LogP contribution in [0.1, 0.15) is 31.2 Å². The third kappa shape index (κ3) is 3.45. The standard InChI is InChI=1S/C14H18F2N2O2/c15-11-5-9(6-12(16)14(11)20)7-18(8-13(17)19)10-3-1-2-4-10/h5-6,10,20H,1-4,7-8H2,(H2,17,19). The topological polar surface area (TPSA) is 66.6 Å². The van der Waals surface area contributed by atoms with Gasteiger partial charge in [-0.05, 0) is 30.5 Å². The lowest BCUT2D eigenvalue weighted by atomic mass is 10.1. The number of benzene rings is 1. The second kappa shape index (κ2) is 6.17. The van der Waals surface area contributed by atoms with Gasteiger partial charge in [0.05, 0.1) is 6.54 Å². The summed E-state index contributed by atoms with van der Waals surface area (Å²) in [6, 6.07) is 2.38. The maximum atomic E-state index is 13.3. The van der Waals surface area contributed by atoms with Crippen molar-refractivity contribution in [3.63, 3.8) is 0 Å². The molecule has 1 saturated carbocycles. The minimum Gasteiger partial charge on any atom is -0.503 e. The van der Waals surface area contributed by atoms with Crippen LogP contribution in [0.2, 0.25) is 0 Å². The minimum atomic E-state index is -0.995. The zero-order chi connectivity index (χ0) is 14.7. The molecular formula is C14H18F2N2O2. The van der Waals surface area contributed by atoms with Crippen molar-refractivity contribution in [2.45, 2.75) is 38.3 Å². The van der Waals surface area contributed by atoms with Gasteiger partial charge in [-0.15, -0.1) is 0 Å². The van der Waals surface area contributed by atoms with Crippen LogP contribution in [0.15, 0.2) is 12.1 Å². The number of nitrogens with two attached hydrogens (primary N) is 1. The molecule has 6 heteroatoms. The predicted molar refractivity (Wildman–Crippen MR) is 69.9 cm³/mol. The first kappa shape index (κ1) is 14.7. The summed E-state index contributed by atoms with van der Waals surface area (Å²) in [6.45, 7) is 0.302. The summed E-state index contributed by atoms with van der Waals surface area (Å²) in [5, 5.41) is 9.08. The van der Waals surface area contributed by atoms with E-state index in [9.17, 15) is 13.6 Å². The number of carbonyl (C=O) groups excluding carboxylic acids is 1. The molecule has 0 atom stereocenters. The van der Waals surface area contributed by atoms with Crippen molar-refractivity contribution in [1.82, 2.24) is 4.90 Å². The van der Waals surface area contributed by atoms with Crippen LogP contribution in [0.3, 0.4) is 0 Å². The highest BCUT2D eigenvalue weighted by Crippen LogP contribution is 2.27. The van der Waals surface area contributed by atoms with E-state index in [-0.39, 0.29) is 19.1 Å². The summed E-state index contributed by atoms with van der Waals surface area (Å²) in [4.78, 5) is 13.0. The summed E-state index contributed by atoms with van der Waals surface area (Å²) in [7, 11) is 0. The van der Waals surface area contributed by atoms with Crippen molar-refractivity contribution in [2.24, 2.45) is 5.73 Å². The highest BCUT2D eigenvalue weighted by Gasteiger charge is 2.24. The fourth-order valence-corrected chi connectivity index (χ4v) is 2.73. The molecule has 0 aliphatic heterocycles. The lowest BCUT2D eigenvalue weighted by Gasteiger charge is -2.27. The average Bonchev–Trinajstić information content (AvgIpc) is 2.88. The van der Waals surface area contributed by atoms with Gasteiger partial charge in [0, 0.05) is 12.6 Å². The summed E-state index contributed by atoms with van der Waals surface area (Å²) < 4.78 is 26.7. The Labute approximate surface area is 116 Å². The average molecular weight is 284 g/mol. The number of carbonyl (C=O) groups is 1. The Morgan fingerprint density at radius 2 is 1.85 bits per heavy atom. The zero-order valence-electron chi connectivity index (χ0n) is 11.1. The SMILES string of the molecule is NC(=O)CN(Cc1cc(F)c(O)c(F)c1)C1CCCC1. The molecule has 110 valence electrons. The Morgan fingerprint density at radius 3 is 2.35 bits per heavy atom. The highest BCUT2D eigenvalue weighted by molar-refractivity contribution is 5.76. The van der Waals surface area contributed by atoms with Gasteiger partial charge in [0.25, 0.3) is 0 Å². The molecule has 0 unspecified atom stereocenters. The molecule has 0 saturated heterocycles. The molecule has 4 nitrogen and oxygen atoms in total. The van der Waals surface area contributed by atoms with E-state index in [2.05, 4.69) is 0 Å². The number of phenols is 1. The number of aromatic hydroxyl groups is 1. The molecule has 20 heavy (non-hydrogen) atoms. The molecule has 1 amide bonds. The Kier molecular flexibility index (Phi) is 4.54. The monoisotopic (exact) mass is 284 g/mol. The van der Waals surface area contributed by atoms with Crippen molar-refractivity contribution < 1.29 is 18.7 Å². The number of amides is 1. The fourth-order valence-electron chi connectivity index (χ4n) is 2.73. The number of halogens is 2. The van der Waals surface area contributed by atoms with E-state index < -0.39 is 23.3 Å². The molecule has 0 bridgehead atoms. The molecule has 0 spiro atoms. The van der Waals surface area contributed by atoms with Crippen LogP contribution in [0.5, 0.6) is 5.75 Å². The van der Waals surface area contributed by atoms with E-state index in [1.165, 1.54) is 0 Å². The maximum Gasteiger partial charge on any atom is 0.231 e. The molecule has 3 N–H and O–H groups in total. The molecular weight excluding hydrogens is 266 g/mol. The Hall–Kier alpha value is -1.69. The van der Waals surface area contributed by atoms with Crippen LogP contribution in [-0.2, 0) is 11.3 Å². The van der Waals surface area contributed by atoms with Crippen molar-refractivity contribution in [1.29, 1.82) is 0 Å². The number of nitrogens with zero attached hydrogens (tertiary/aromatic N) is 1. The second-order valence-corrected chi connectivity index (χ2v) is 5.22. The van der Waals surface area contributed by atoms with Gasteiger partial charge in [0.15, 0.2) is 17.4 Å². The van der Waals surface area contributed by atoms with Crippen molar-refractivity contribution >= 4 is 5.91 Å². The third-order valence-electron chi connectivity index (χ3n) is 3.66. The van der Waals surface area contributed by atoms with Gasteiger partial charge < -0.3 is 10.8 Å². The number of hydrogen-bond acceptors (Lipinski definition) is 3. The first-order valence-corrected chi connectivity index (χ1v) is 6.66. The van der Waals surface area contributed by atoms with Crippen molar-refractivity contribution in [3.05, 3.63) is 29.3 Å². The van der Waals surface area contributed by atoms with Crippen LogP contribution >= 0.6 is 0 Å². The van der Waals surface area contributed by atoms with Crippen LogP contribution in [0.4, 0.5) is 8.78 Å². The third-order valence-corrected chi connectivity index (χ3v) is 3.66. The number of primary amides is 1. The van der Waals surface area contributed by atoms with E-state index in [1.54, 1.807) is 0 Å². The summed E-state index contributed by atoms with van der Waals surface area (Å²) in [6.07, 6.45) is 4.07. The second-order valence-electron chi connectivity index (χ2n) is 5.22. The summed E-state index contributed by atoms with van der Waals surface area (Å²) in [5.41, 5.74) is 5.61. The molecule has 1 aliphatic rings. The molecule has 0 heterocycles.